The predicted octanol–water partition coefficient (Wildman–Crippen LogP) is 4.42. The van der Waals surface area contributed by atoms with Gasteiger partial charge in [-0.05, 0) is 16.7 Å². The first-order valence-electron chi connectivity index (χ1n) is 6.63. The second-order valence-corrected chi connectivity index (χ2v) is 4.67. The van der Waals surface area contributed by atoms with E-state index < -0.39 is 6.18 Å². The Balaban J connectivity index is 2.05. The average molecular weight is 291 g/mol. The fraction of sp³-hybridized carbons (Fsp3) is 0.176. The minimum absolute atomic E-state index is 0.165. The van der Waals surface area contributed by atoms with E-state index in [9.17, 15) is 13.2 Å². The van der Waals surface area contributed by atoms with Crippen LogP contribution >= 0.6 is 0 Å². The van der Waals surface area contributed by atoms with Gasteiger partial charge in [-0.1, -0.05) is 60.7 Å². The SMILES string of the molecule is FC(F)(F)/C=C(/CNCc1ccccc1)c1ccccc1. The first-order valence-corrected chi connectivity index (χ1v) is 6.63. The standard InChI is InChI=1S/C17H16F3N/c18-17(19,20)11-16(15-9-5-2-6-10-15)13-21-12-14-7-3-1-4-8-14/h1-11,21H,12-13H2/b16-11-. The number of allylic oxidation sites excluding steroid dienone is 1. The zero-order chi connectivity index (χ0) is 15.1. The topological polar surface area (TPSA) is 12.0 Å². The molecule has 0 aliphatic rings. The summed E-state index contributed by atoms with van der Waals surface area (Å²) in [5, 5.41) is 3.05. The molecule has 1 N–H and O–H groups in total. The molecule has 0 spiro atoms. The smallest absolute Gasteiger partial charge is 0.309 e. The van der Waals surface area contributed by atoms with Crippen molar-refractivity contribution in [3.8, 4) is 0 Å². The van der Waals surface area contributed by atoms with E-state index in [2.05, 4.69) is 5.32 Å². The second kappa shape index (κ2) is 7.09. The number of alkyl halides is 3. The molecule has 0 fully saturated rings. The van der Waals surface area contributed by atoms with Crippen LogP contribution in [0.25, 0.3) is 5.57 Å². The Morgan fingerprint density at radius 1 is 0.905 bits per heavy atom. The van der Waals surface area contributed by atoms with Crippen LogP contribution in [0.4, 0.5) is 13.2 Å². The Bertz CT molecular complexity index is 574. The average Bonchev–Trinajstić information content (AvgIpc) is 2.47. The molecule has 0 bridgehead atoms. The van der Waals surface area contributed by atoms with Crippen LogP contribution in [-0.2, 0) is 6.54 Å². The molecule has 21 heavy (non-hydrogen) atoms. The molecule has 0 aliphatic carbocycles. The minimum atomic E-state index is -4.32. The Hall–Kier alpha value is -2.07. The molecular weight excluding hydrogens is 275 g/mol. The lowest BCUT2D eigenvalue weighted by atomic mass is 10.1. The van der Waals surface area contributed by atoms with Crippen molar-refractivity contribution in [3.05, 3.63) is 77.9 Å². The van der Waals surface area contributed by atoms with Crippen LogP contribution in [0.1, 0.15) is 11.1 Å². The summed E-state index contributed by atoms with van der Waals surface area (Å²) in [6.45, 7) is 0.696. The van der Waals surface area contributed by atoms with Gasteiger partial charge in [-0.3, -0.25) is 0 Å². The van der Waals surface area contributed by atoms with Crippen molar-refractivity contribution in [2.24, 2.45) is 0 Å². The maximum absolute atomic E-state index is 12.6. The van der Waals surface area contributed by atoms with E-state index in [0.29, 0.717) is 18.2 Å². The van der Waals surface area contributed by atoms with Crippen LogP contribution in [0.15, 0.2) is 66.7 Å². The lowest BCUT2D eigenvalue weighted by molar-refractivity contribution is -0.0794. The molecule has 1 nitrogen and oxygen atoms in total. The highest BCUT2D eigenvalue weighted by atomic mass is 19.4. The summed E-state index contributed by atoms with van der Waals surface area (Å²) in [5.41, 5.74) is 1.85. The number of hydrogen-bond donors (Lipinski definition) is 1. The summed E-state index contributed by atoms with van der Waals surface area (Å²) < 4.78 is 37.9. The highest BCUT2D eigenvalue weighted by molar-refractivity contribution is 5.67. The first-order chi connectivity index (χ1) is 10.0. The molecule has 2 aromatic rings. The van der Waals surface area contributed by atoms with E-state index in [4.69, 9.17) is 0 Å². The summed E-state index contributed by atoms with van der Waals surface area (Å²) in [6.07, 6.45) is -3.96. The lowest BCUT2D eigenvalue weighted by Gasteiger charge is -2.11. The van der Waals surface area contributed by atoms with Crippen molar-refractivity contribution in [2.75, 3.05) is 6.54 Å². The third-order valence-electron chi connectivity index (χ3n) is 2.97. The Kier molecular flexibility index (Phi) is 5.17. The van der Waals surface area contributed by atoms with Gasteiger partial charge < -0.3 is 5.32 Å². The molecular formula is C17H16F3N. The largest absolute Gasteiger partial charge is 0.410 e. The molecule has 0 saturated heterocycles. The fourth-order valence-corrected chi connectivity index (χ4v) is 2.02. The van der Waals surface area contributed by atoms with Gasteiger partial charge >= 0.3 is 6.18 Å². The van der Waals surface area contributed by atoms with Gasteiger partial charge in [-0.15, -0.1) is 0 Å². The van der Waals surface area contributed by atoms with Crippen molar-refractivity contribution in [1.82, 2.24) is 5.32 Å². The quantitative estimate of drug-likeness (QED) is 0.859. The number of halogens is 3. The monoisotopic (exact) mass is 291 g/mol. The minimum Gasteiger partial charge on any atom is -0.309 e. The van der Waals surface area contributed by atoms with E-state index >= 15 is 0 Å². The third kappa shape index (κ3) is 5.44. The van der Waals surface area contributed by atoms with Gasteiger partial charge in [0.05, 0.1) is 0 Å². The van der Waals surface area contributed by atoms with Crippen LogP contribution in [0.5, 0.6) is 0 Å². The van der Waals surface area contributed by atoms with E-state index in [1.807, 2.05) is 30.3 Å². The summed E-state index contributed by atoms with van der Waals surface area (Å²) in [5.74, 6) is 0. The highest BCUT2D eigenvalue weighted by Crippen LogP contribution is 2.23. The maximum atomic E-state index is 12.6. The van der Waals surface area contributed by atoms with E-state index in [1.54, 1.807) is 30.3 Å². The van der Waals surface area contributed by atoms with Crippen LogP contribution in [0, 0.1) is 0 Å². The summed E-state index contributed by atoms with van der Waals surface area (Å²) in [6, 6.07) is 18.2. The van der Waals surface area contributed by atoms with Gasteiger partial charge in [-0.25, -0.2) is 0 Å². The molecule has 2 rings (SSSR count). The fourth-order valence-electron chi connectivity index (χ4n) is 2.02. The van der Waals surface area contributed by atoms with Crippen molar-refractivity contribution in [2.45, 2.75) is 12.7 Å². The summed E-state index contributed by atoms with van der Waals surface area (Å²) in [7, 11) is 0. The van der Waals surface area contributed by atoms with Crippen LogP contribution in [-0.4, -0.2) is 12.7 Å². The van der Waals surface area contributed by atoms with E-state index in [1.165, 1.54) is 0 Å². The molecule has 4 heteroatoms. The first kappa shape index (κ1) is 15.3. The molecule has 2 aromatic carbocycles. The van der Waals surface area contributed by atoms with Crippen LogP contribution in [0.2, 0.25) is 0 Å². The van der Waals surface area contributed by atoms with Gasteiger partial charge in [0.15, 0.2) is 0 Å². The van der Waals surface area contributed by atoms with Crippen molar-refractivity contribution >= 4 is 5.57 Å². The number of benzene rings is 2. The van der Waals surface area contributed by atoms with Gasteiger partial charge in [0.25, 0.3) is 0 Å². The van der Waals surface area contributed by atoms with Gasteiger partial charge in [0.2, 0.25) is 0 Å². The number of nitrogens with one attached hydrogen (secondary N) is 1. The molecule has 0 amide bonds. The Morgan fingerprint density at radius 2 is 1.48 bits per heavy atom. The second-order valence-electron chi connectivity index (χ2n) is 4.67. The normalized spacial score (nSPS) is 12.4. The molecule has 0 saturated carbocycles. The van der Waals surface area contributed by atoms with E-state index in [-0.39, 0.29) is 12.1 Å². The zero-order valence-electron chi connectivity index (χ0n) is 11.4. The van der Waals surface area contributed by atoms with E-state index in [0.717, 1.165) is 5.56 Å². The van der Waals surface area contributed by atoms with Crippen molar-refractivity contribution in [3.63, 3.8) is 0 Å². The molecule has 0 heterocycles. The van der Waals surface area contributed by atoms with Crippen molar-refractivity contribution in [1.29, 1.82) is 0 Å². The third-order valence-corrected chi connectivity index (χ3v) is 2.97. The predicted molar refractivity (Wildman–Crippen MR) is 78.6 cm³/mol. The Morgan fingerprint density at radius 3 is 2.05 bits per heavy atom. The molecule has 0 aliphatic heterocycles. The summed E-state index contributed by atoms with van der Waals surface area (Å²) in [4.78, 5) is 0. The molecule has 0 unspecified atom stereocenters. The maximum Gasteiger partial charge on any atom is 0.410 e. The van der Waals surface area contributed by atoms with Crippen molar-refractivity contribution < 1.29 is 13.2 Å². The van der Waals surface area contributed by atoms with Gasteiger partial charge in [-0.2, -0.15) is 13.2 Å². The van der Waals surface area contributed by atoms with Crippen LogP contribution in [0.3, 0.4) is 0 Å². The molecule has 0 radical (unpaired) electrons. The zero-order valence-corrected chi connectivity index (χ0v) is 11.4. The van der Waals surface area contributed by atoms with Crippen LogP contribution < -0.4 is 5.32 Å². The lowest BCUT2D eigenvalue weighted by Crippen LogP contribution is -2.17. The van der Waals surface area contributed by atoms with Gasteiger partial charge in [0, 0.05) is 19.2 Å². The summed E-state index contributed by atoms with van der Waals surface area (Å²) >= 11 is 0. The number of rotatable bonds is 5. The number of hydrogen-bond acceptors (Lipinski definition) is 1. The highest BCUT2D eigenvalue weighted by Gasteiger charge is 2.24. The molecule has 0 aromatic heterocycles. The molecule has 110 valence electrons. The molecule has 0 atom stereocenters. The Labute approximate surface area is 122 Å². The van der Waals surface area contributed by atoms with Gasteiger partial charge in [0.1, 0.15) is 0 Å².